The van der Waals surface area contributed by atoms with E-state index in [9.17, 15) is 9.59 Å². The Balaban J connectivity index is 2.01. The fourth-order valence-electron chi connectivity index (χ4n) is 1.98. The van der Waals surface area contributed by atoms with Gasteiger partial charge in [0.1, 0.15) is 16.4 Å². The molecule has 1 N–H and O–H groups in total. The highest BCUT2D eigenvalue weighted by molar-refractivity contribution is 7.17. The van der Waals surface area contributed by atoms with Crippen molar-refractivity contribution in [1.82, 2.24) is 4.98 Å². The number of methoxy groups -OCH3 is 1. The lowest BCUT2D eigenvalue weighted by Crippen LogP contribution is -2.30. The van der Waals surface area contributed by atoms with Crippen LogP contribution in [0.2, 0.25) is 0 Å². The quantitative estimate of drug-likeness (QED) is 0.760. The summed E-state index contributed by atoms with van der Waals surface area (Å²) in [7, 11) is 1.56. The summed E-state index contributed by atoms with van der Waals surface area (Å²) in [5, 5.41) is 2.98. The van der Waals surface area contributed by atoms with Crippen molar-refractivity contribution < 1.29 is 23.8 Å². The van der Waals surface area contributed by atoms with Crippen LogP contribution < -0.4 is 14.8 Å². The Hall–Kier alpha value is -2.61. The zero-order chi connectivity index (χ0) is 18.4. The van der Waals surface area contributed by atoms with Gasteiger partial charge < -0.3 is 14.2 Å². The first-order valence-corrected chi connectivity index (χ1v) is 8.52. The average Bonchev–Trinajstić information content (AvgIpc) is 2.95. The fraction of sp³-hybridized carbons (Fsp3) is 0.353. The van der Waals surface area contributed by atoms with Gasteiger partial charge >= 0.3 is 5.97 Å². The van der Waals surface area contributed by atoms with E-state index in [4.69, 9.17) is 14.2 Å². The van der Waals surface area contributed by atoms with Crippen LogP contribution in [0.3, 0.4) is 0 Å². The van der Waals surface area contributed by atoms with Gasteiger partial charge in [0.2, 0.25) is 0 Å². The summed E-state index contributed by atoms with van der Waals surface area (Å²) in [6.07, 6.45) is -0.748. The molecule has 2 aromatic rings. The molecular formula is C17H20N2O5S. The van der Waals surface area contributed by atoms with Crippen LogP contribution in [0.25, 0.3) is 0 Å². The maximum Gasteiger partial charge on any atom is 0.350 e. The number of nitrogens with zero attached hydrogens (tertiary/aromatic N) is 1. The summed E-state index contributed by atoms with van der Waals surface area (Å²) in [6, 6.07) is 6.98. The van der Waals surface area contributed by atoms with Crippen molar-refractivity contribution in [2.75, 3.05) is 19.0 Å². The van der Waals surface area contributed by atoms with Gasteiger partial charge in [-0.25, -0.2) is 9.78 Å². The van der Waals surface area contributed by atoms with Gasteiger partial charge in [-0.15, -0.1) is 0 Å². The minimum atomic E-state index is -0.748. The molecule has 0 saturated heterocycles. The van der Waals surface area contributed by atoms with E-state index in [1.165, 1.54) is 0 Å². The van der Waals surface area contributed by atoms with E-state index in [2.05, 4.69) is 10.3 Å². The second kappa shape index (κ2) is 8.48. The van der Waals surface area contributed by atoms with Crippen LogP contribution in [0.5, 0.6) is 11.5 Å². The number of carbonyl (C=O) groups excluding carboxylic acids is 2. The van der Waals surface area contributed by atoms with E-state index in [0.717, 1.165) is 11.3 Å². The monoisotopic (exact) mass is 364 g/mol. The first-order valence-electron chi connectivity index (χ1n) is 7.70. The maximum absolute atomic E-state index is 12.3. The summed E-state index contributed by atoms with van der Waals surface area (Å²) in [4.78, 5) is 28.6. The predicted octanol–water partition coefficient (Wildman–Crippen LogP) is 3.04. The van der Waals surface area contributed by atoms with Crippen molar-refractivity contribution >= 4 is 28.3 Å². The number of carbonyl (C=O) groups is 2. The van der Waals surface area contributed by atoms with Crippen LogP contribution in [0.4, 0.5) is 5.13 Å². The van der Waals surface area contributed by atoms with Crippen LogP contribution in [0.15, 0.2) is 24.3 Å². The molecule has 1 unspecified atom stereocenters. The third kappa shape index (κ3) is 4.93. The Morgan fingerprint density at radius 2 is 2.04 bits per heavy atom. The summed E-state index contributed by atoms with van der Waals surface area (Å²) in [5.41, 5.74) is 0.514. The van der Waals surface area contributed by atoms with Crippen LogP contribution in [0.1, 0.15) is 29.2 Å². The first-order chi connectivity index (χ1) is 11.9. The number of hydrogen-bond donors (Lipinski definition) is 1. The summed E-state index contributed by atoms with van der Waals surface area (Å²) in [6.45, 7) is 5.33. The maximum atomic E-state index is 12.3. The van der Waals surface area contributed by atoms with E-state index in [0.29, 0.717) is 27.2 Å². The van der Waals surface area contributed by atoms with E-state index in [1.54, 1.807) is 52.1 Å². The number of aromatic nitrogens is 1. The average molecular weight is 364 g/mol. The second-order valence-corrected chi connectivity index (χ2v) is 6.08. The highest BCUT2D eigenvalue weighted by Gasteiger charge is 2.20. The molecule has 0 aliphatic carbocycles. The smallest absolute Gasteiger partial charge is 0.350 e. The number of benzene rings is 1. The van der Waals surface area contributed by atoms with E-state index < -0.39 is 12.1 Å². The van der Waals surface area contributed by atoms with Crippen molar-refractivity contribution in [3.8, 4) is 11.5 Å². The summed E-state index contributed by atoms with van der Waals surface area (Å²) < 4.78 is 15.7. The van der Waals surface area contributed by atoms with Gasteiger partial charge in [-0.1, -0.05) is 17.4 Å². The predicted molar refractivity (Wildman–Crippen MR) is 94.5 cm³/mol. The normalized spacial score (nSPS) is 11.5. The Bertz CT molecular complexity index is 759. The molecule has 0 radical (unpaired) electrons. The molecular weight excluding hydrogens is 344 g/mol. The molecule has 134 valence electrons. The van der Waals surface area contributed by atoms with Gasteiger partial charge in [0.15, 0.2) is 11.2 Å². The lowest BCUT2D eigenvalue weighted by atomic mass is 10.3. The van der Waals surface area contributed by atoms with Crippen LogP contribution in [-0.4, -0.2) is 36.7 Å². The third-order valence-corrected chi connectivity index (χ3v) is 4.26. The van der Waals surface area contributed by atoms with Crippen molar-refractivity contribution in [2.45, 2.75) is 26.9 Å². The molecule has 1 heterocycles. The van der Waals surface area contributed by atoms with E-state index in [-0.39, 0.29) is 12.5 Å². The lowest BCUT2D eigenvalue weighted by Gasteiger charge is -2.14. The number of nitrogens with one attached hydrogen (secondary N) is 1. The summed E-state index contributed by atoms with van der Waals surface area (Å²) >= 11 is 1.07. The highest BCUT2D eigenvalue weighted by atomic mass is 32.1. The Labute approximate surface area is 149 Å². The Morgan fingerprint density at radius 1 is 1.32 bits per heavy atom. The van der Waals surface area contributed by atoms with Crippen molar-refractivity contribution in [1.29, 1.82) is 0 Å². The van der Waals surface area contributed by atoms with E-state index >= 15 is 0 Å². The van der Waals surface area contributed by atoms with Gasteiger partial charge in [-0.05, 0) is 32.9 Å². The molecule has 2 rings (SSSR count). The second-order valence-electron chi connectivity index (χ2n) is 5.08. The summed E-state index contributed by atoms with van der Waals surface area (Å²) in [5.74, 6) is 0.343. The van der Waals surface area contributed by atoms with Crippen LogP contribution >= 0.6 is 11.3 Å². The van der Waals surface area contributed by atoms with Crippen LogP contribution in [-0.2, 0) is 9.53 Å². The fourth-order valence-corrected chi connectivity index (χ4v) is 2.84. The number of ether oxygens (including phenoxy) is 3. The standard InChI is InChI=1S/C17H20N2O5S/c1-5-23-16(21)14-10(2)18-17(25-14)19-15(20)11(3)24-13-8-6-7-12(9-13)22-4/h6-9,11H,5H2,1-4H3,(H,18,19,20). The number of anilines is 1. The minimum absolute atomic E-state index is 0.281. The SMILES string of the molecule is CCOC(=O)c1sc(NC(=O)C(C)Oc2cccc(OC)c2)nc1C. The molecule has 1 aromatic heterocycles. The molecule has 7 nitrogen and oxygen atoms in total. The van der Waals surface area contributed by atoms with Crippen molar-refractivity contribution in [3.63, 3.8) is 0 Å². The number of rotatable bonds is 7. The van der Waals surface area contributed by atoms with Gasteiger partial charge in [-0.2, -0.15) is 0 Å². The van der Waals surface area contributed by atoms with Gasteiger partial charge in [0.05, 0.1) is 19.4 Å². The zero-order valence-corrected chi connectivity index (χ0v) is 15.3. The molecule has 0 aliphatic heterocycles. The zero-order valence-electron chi connectivity index (χ0n) is 14.5. The highest BCUT2D eigenvalue weighted by Crippen LogP contribution is 2.24. The molecule has 1 atom stereocenters. The minimum Gasteiger partial charge on any atom is -0.497 e. The van der Waals surface area contributed by atoms with Gasteiger partial charge in [-0.3, -0.25) is 10.1 Å². The van der Waals surface area contributed by atoms with Crippen molar-refractivity contribution in [2.24, 2.45) is 0 Å². The molecule has 0 fully saturated rings. The van der Waals surface area contributed by atoms with Gasteiger partial charge in [0, 0.05) is 6.07 Å². The van der Waals surface area contributed by atoms with Crippen molar-refractivity contribution in [3.05, 3.63) is 34.8 Å². The largest absolute Gasteiger partial charge is 0.497 e. The number of amides is 1. The van der Waals surface area contributed by atoms with Crippen LogP contribution in [0, 0.1) is 6.92 Å². The Morgan fingerprint density at radius 3 is 2.72 bits per heavy atom. The number of thiazole rings is 1. The lowest BCUT2D eigenvalue weighted by molar-refractivity contribution is -0.122. The molecule has 8 heteroatoms. The number of aryl methyl sites for hydroxylation is 1. The van der Waals surface area contributed by atoms with Gasteiger partial charge in [0.25, 0.3) is 5.91 Å². The number of esters is 1. The topological polar surface area (TPSA) is 86.8 Å². The number of hydrogen-bond acceptors (Lipinski definition) is 7. The van der Waals surface area contributed by atoms with E-state index in [1.807, 2.05) is 0 Å². The molecule has 0 aliphatic rings. The molecule has 0 bridgehead atoms. The molecule has 1 aromatic carbocycles. The third-order valence-electron chi connectivity index (χ3n) is 3.21. The molecule has 0 saturated carbocycles. The molecule has 0 spiro atoms. The molecule has 25 heavy (non-hydrogen) atoms. The Kier molecular flexibility index (Phi) is 6.35. The first kappa shape index (κ1) is 18.7. The molecule has 1 amide bonds.